The molecule has 2 atom stereocenters. The van der Waals surface area contributed by atoms with Gasteiger partial charge in [0.1, 0.15) is 16.3 Å². The third-order valence-corrected chi connectivity index (χ3v) is 4.58. The fraction of sp³-hybridized carbons (Fsp3) is 0.417. The quantitative estimate of drug-likeness (QED) is 0.852. The smallest absolute Gasteiger partial charge is 0.264 e. The first-order valence-electron chi connectivity index (χ1n) is 6.07. The third-order valence-electron chi connectivity index (χ3n) is 3.24. The zero-order chi connectivity index (χ0) is 15.8. The third kappa shape index (κ3) is 3.33. The largest absolute Gasteiger partial charge is 0.376 e. The van der Waals surface area contributed by atoms with Crippen LogP contribution in [0.25, 0.3) is 0 Å². The van der Waals surface area contributed by atoms with E-state index in [1.807, 2.05) is 0 Å². The first-order valence-corrected chi connectivity index (χ1v) is 8.38. The number of nitrogens with one attached hydrogen (secondary N) is 1. The van der Waals surface area contributed by atoms with Crippen molar-refractivity contribution in [2.24, 2.45) is 0 Å². The van der Waals surface area contributed by atoms with Gasteiger partial charge >= 0.3 is 0 Å². The van der Waals surface area contributed by atoms with E-state index in [-0.39, 0.29) is 6.10 Å². The van der Waals surface area contributed by atoms with Crippen LogP contribution in [-0.2, 0) is 13.8 Å². The molecule has 1 heterocycles. The molecule has 0 saturated carbocycles. The summed E-state index contributed by atoms with van der Waals surface area (Å²) in [5.41, 5.74) is -0.976. The van der Waals surface area contributed by atoms with Crippen molar-refractivity contribution < 1.29 is 26.7 Å². The maximum absolute atomic E-state index is 14.1. The van der Waals surface area contributed by atoms with E-state index in [9.17, 15) is 22.0 Å². The summed E-state index contributed by atoms with van der Waals surface area (Å²) in [6.45, 7) is 2.14. The van der Waals surface area contributed by atoms with E-state index in [4.69, 9.17) is 15.4 Å². The van der Waals surface area contributed by atoms with Crippen molar-refractivity contribution in [2.45, 2.75) is 30.4 Å². The SMILES string of the molecule is CC1OCCC1NC(=O)c1c(F)ccc(S(=O)(=O)Cl)c1F. The Kier molecular flexibility index (Phi) is 4.50. The lowest BCUT2D eigenvalue weighted by molar-refractivity contribution is 0.0858. The van der Waals surface area contributed by atoms with E-state index in [1.54, 1.807) is 6.92 Å². The minimum absolute atomic E-state index is 0.292. The average molecular weight is 340 g/mol. The fourth-order valence-electron chi connectivity index (χ4n) is 2.09. The first kappa shape index (κ1) is 16.1. The topological polar surface area (TPSA) is 72.5 Å². The van der Waals surface area contributed by atoms with Gasteiger partial charge in [-0.2, -0.15) is 0 Å². The van der Waals surface area contributed by atoms with Gasteiger partial charge in [-0.3, -0.25) is 4.79 Å². The van der Waals surface area contributed by atoms with Crippen LogP contribution in [0.15, 0.2) is 17.0 Å². The lowest BCUT2D eigenvalue weighted by atomic mass is 10.1. The number of amides is 1. The Balaban J connectivity index is 2.36. The second kappa shape index (κ2) is 5.86. The van der Waals surface area contributed by atoms with Crippen molar-refractivity contribution >= 4 is 25.6 Å². The normalized spacial score (nSPS) is 22.3. The van der Waals surface area contributed by atoms with Gasteiger partial charge in [0.2, 0.25) is 0 Å². The molecule has 0 bridgehead atoms. The van der Waals surface area contributed by atoms with E-state index in [2.05, 4.69) is 5.32 Å². The Morgan fingerprint density at radius 2 is 2.10 bits per heavy atom. The van der Waals surface area contributed by atoms with Crippen LogP contribution in [0.4, 0.5) is 8.78 Å². The van der Waals surface area contributed by atoms with Gasteiger partial charge in [-0.1, -0.05) is 0 Å². The van der Waals surface area contributed by atoms with Crippen LogP contribution in [0, 0.1) is 11.6 Å². The number of carbonyl (C=O) groups is 1. The Hall–Kier alpha value is -1.25. The molecule has 1 aliphatic heterocycles. The lowest BCUT2D eigenvalue weighted by Gasteiger charge is -2.16. The molecule has 1 aromatic rings. The lowest BCUT2D eigenvalue weighted by Crippen LogP contribution is -2.40. The highest BCUT2D eigenvalue weighted by Gasteiger charge is 2.30. The van der Waals surface area contributed by atoms with E-state index in [1.165, 1.54) is 0 Å². The monoisotopic (exact) mass is 339 g/mol. The van der Waals surface area contributed by atoms with E-state index in [0.717, 1.165) is 0 Å². The van der Waals surface area contributed by atoms with Crippen molar-refractivity contribution in [1.82, 2.24) is 5.32 Å². The van der Waals surface area contributed by atoms with Crippen LogP contribution in [0.3, 0.4) is 0 Å². The van der Waals surface area contributed by atoms with Crippen molar-refractivity contribution in [1.29, 1.82) is 0 Å². The maximum atomic E-state index is 14.1. The molecule has 0 aliphatic carbocycles. The molecule has 1 amide bonds. The average Bonchev–Trinajstić information content (AvgIpc) is 2.73. The summed E-state index contributed by atoms with van der Waals surface area (Å²) in [6, 6.07) is 0.958. The summed E-state index contributed by atoms with van der Waals surface area (Å²) in [7, 11) is 0.626. The standard InChI is InChI=1S/C12H12ClF2NO4S/c1-6-8(4-5-20-6)16-12(17)10-7(14)2-3-9(11(10)15)21(13,18)19/h2-3,6,8H,4-5H2,1H3,(H,16,17). The Labute approximate surface area is 124 Å². The van der Waals surface area contributed by atoms with Gasteiger partial charge in [0.05, 0.1) is 12.1 Å². The van der Waals surface area contributed by atoms with Crippen LogP contribution < -0.4 is 5.32 Å². The molecule has 1 saturated heterocycles. The highest BCUT2D eigenvalue weighted by atomic mass is 35.7. The van der Waals surface area contributed by atoms with Crippen molar-refractivity contribution in [3.63, 3.8) is 0 Å². The highest BCUT2D eigenvalue weighted by molar-refractivity contribution is 8.13. The maximum Gasteiger partial charge on any atom is 0.264 e. The van der Waals surface area contributed by atoms with Crippen LogP contribution >= 0.6 is 10.7 Å². The summed E-state index contributed by atoms with van der Waals surface area (Å²) in [5, 5.41) is 2.42. The predicted molar refractivity (Wildman–Crippen MR) is 70.7 cm³/mol. The Bertz CT molecular complexity index is 680. The number of halogens is 3. The van der Waals surface area contributed by atoms with Crippen LogP contribution in [0.5, 0.6) is 0 Å². The molecule has 0 aromatic heterocycles. The zero-order valence-electron chi connectivity index (χ0n) is 10.9. The van der Waals surface area contributed by atoms with Crippen molar-refractivity contribution in [3.8, 4) is 0 Å². The summed E-state index contributed by atoms with van der Waals surface area (Å²) in [6.07, 6.45) is 0.212. The highest BCUT2D eigenvalue weighted by Crippen LogP contribution is 2.24. The summed E-state index contributed by atoms with van der Waals surface area (Å²) in [4.78, 5) is 11.0. The molecule has 21 heavy (non-hydrogen) atoms. The fourth-order valence-corrected chi connectivity index (χ4v) is 3.00. The zero-order valence-corrected chi connectivity index (χ0v) is 12.5. The van der Waals surface area contributed by atoms with E-state index < -0.39 is 43.1 Å². The molecular weight excluding hydrogens is 328 g/mol. The summed E-state index contributed by atoms with van der Waals surface area (Å²) >= 11 is 0. The molecule has 116 valence electrons. The van der Waals surface area contributed by atoms with Gasteiger partial charge in [-0.25, -0.2) is 17.2 Å². The van der Waals surface area contributed by atoms with E-state index in [0.29, 0.717) is 25.2 Å². The van der Waals surface area contributed by atoms with E-state index >= 15 is 0 Å². The molecule has 0 radical (unpaired) electrons. The first-order chi connectivity index (χ1) is 9.71. The van der Waals surface area contributed by atoms with Gasteiger partial charge in [-0.15, -0.1) is 0 Å². The molecule has 9 heteroatoms. The minimum atomic E-state index is -4.42. The Morgan fingerprint density at radius 1 is 1.43 bits per heavy atom. The molecule has 1 N–H and O–H groups in total. The van der Waals surface area contributed by atoms with Gasteiger partial charge < -0.3 is 10.1 Å². The molecule has 2 unspecified atom stereocenters. The summed E-state index contributed by atoms with van der Waals surface area (Å²) in [5.74, 6) is -3.72. The van der Waals surface area contributed by atoms with Crippen molar-refractivity contribution in [3.05, 3.63) is 29.3 Å². The molecule has 2 rings (SSSR count). The molecule has 1 fully saturated rings. The molecule has 5 nitrogen and oxygen atoms in total. The van der Waals surface area contributed by atoms with Gasteiger partial charge in [0, 0.05) is 17.3 Å². The second-order valence-corrected chi connectivity index (χ2v) is 7.15. The van der Waals surface area contributed by atoms with Crippen LogP contribution in [0.2, 0.25) is 0 Å². The number of benzene rings is 1. The van der Waals surface area contributed by atoms with Crippen LogP contribution in [0.1, 0.15) is 23.7 Å². The van der Waals surface area contributed by atoms with Crippen LogP contribution in [-0.4, -0.2) is 33.1 Å². The van der Waals surface area contributed by atoms with Gasteiger partial charge in [0.25, 0.3) is 15.0 Å². The molecule has 0 spiro atoms. The second-order valence-electron chi connectivity index (χ2n) is 4.62. The summed E-state index contributed by atoms with van der Waals surface area (Å²) < 4.78 is 55.3. The number of ether oxygens (including phenoxy) is 1. The number of carbonyl (C=O) groups excluding carboxylic acids is 1. The van der Waals surface area contributed by atoms with Crippen molar-refractivity contribution in [2.75, 3.05) is 6.61 Å². The number of rotatable bonds is 3. The molecular formula is C12H12ClF2NO4S. The Morgan fingerprint density at radius 3 is 2.62 bits per heavy atom. The molecule has 1 aliphatic rings. The molecule has 1 aromatic carbocycles. The minimum Gasteiger partial charge on any atom is -0.376 e. The van der Waals surface area contributed by atoms with Gasteiger partial charge in [-0.05, 0) is 25.5 Å². The predicted octanol–water partition coefficient (Wildman–Crippen LogP) is 1.80. The van der Waals surface area contributed by atoms with Gasteiger partial charge in [0.15, 0.2) is 5.82 Å². The number of hydrogen-bond acceptors (Lipinski definition) is 4. The number of hydrogen-bond donors (Lipinski definition) is 1.